The summed E-state index contributed by atoms with van der Waals surface area (Å²) in [5.41, 5.74) is 0.846. The van der Waals surface area contributed by atoms with E-state index in [0.29, 0.717) is 31.4 Å². The van der Waals surface area contributed by atoms with Gasteiger partial charge in [0, 0.05) is 37.1 Å². The van der Waals surface area contributed by atoms with Crippen molar-refractivity contribution in [2.75, 3.05) is 26.2 Å². The van der Waals surface area contributed by atoms with E-state index in [1.807, 2.05) is 17.0 Å². The Kier molecular flexibility index (Phi) is 4.12. The van der Waals surface area contributed by atoms with E-state index in [-0.39, 0.29) is 12.1 Å². The van der Waals surface area contributed by atoms with Crippen LogP contribution in [-0.2, 0) is 11.3 Å². The van der Waals surface area contributed by atoms with Crippen LogP contribution >= 0.6 is 0 Å². The number of hydrogen-bond donors (Lipinski definition) is 0. The van der Waals surface area contributed by atoms with Crippen molar-refractivity contribution in [3.05, 3.63) is 30.4 Å². The summed E-state index contributed by atoms with van der Waals surface area (Å²) in [6.45, 7) is 3.66. The molecule has 2 aromatic heterocycles. The molecule has 8 nitrogen and oxygen atoms in total. The first-order valence-corrected chi connectivity index (χ1v) is 8.18. The lowest BCUT2D eigenvalue weighted by molar-refractivity contribution is 0.110. The number of pyridine rings is 1. The molecule has 0 bridgehead atoms. The SMILES string of the molecule is O=C1OCCN1C1CCN(Cc2nc(-c3cccnc3)no2)CC1. The maximum absolute atomic E-state index is 11.6. The van der Waals surface area contributed by atoms with E-state index in [1.54, 1.807) is 12.4 Å². The minimum atomic E-state index is -0.175. The number of piperidine rings is 1. The summed E-state index contributed by atoms with van der Waals surface area (Å²) in [4.78, 5) is 24.3. The third-order valence-corrected chi connectivity index (χ3v) is 4.54. The number of aromatic nitrogens is 3. The summed E-state index contributed by atoms with van der Waals surface area (Å²) in [5.74, 6) is 1.17. The van der Waals surface area contributed by atoms with Crippen molar-refractivity contribution >= 4 is 6.09 Å². The molecule has 2 fully saturated rings. The van der Waals surface area contributed by atoms with Gasteiger partial charge in [0.1, 0.15) is 6.61 Å². The van der Waals surface area contributed by atoms with E-state index in [1.165, 1.54) is 0 Å². The van der Waals surface area contributed by atoms with Gasteiger partial charge in [0.25, 0.3) is 0 Å². The van der Waals surface area contributed by atoms with Crippen LogP contribution in [0.4, 0.5) is 4.79 Å². The summed E-state index contributed by atoms with van der Waals surface area (Å²) in [6, 6.07) is 4.03. The number of hydrogen-bond acceptors (Lipinski definition) is 7. The Morgan fingerprint density at radius 3 is 2.83 bits per heavy atom. The second kappa shape index (κ2) is 6.56. The topological polar surface area (TPSA) is 84.6 Å². The lowest BCUT2D eigenvalue weighted by Gasteiger charge is -2.34. The van der Waals surface area contributed by atoms with Crippen LogP contribution in [0.2, 0.25) is 0 Å². The molecule has 4 heterocycles. The molecule has 0 aromatic carbocycles. The molecule has 24 heavy (non-hydrogen) atoms. The molecule has 2 aliphatic rings. The van der Waals surface area contributed by atoms with E-state index < -0.39 is 0 Å². The van der Waals surface area contributed by atoms with Crippen molar-refractivity contribution in [1.82, 2.24) is 24.9 Å². The van der Waals surface area contributed by atoms with Gasteiger partial charge in [-0.2, -0.15) is 4.98 Å². The first kappa shape index (κ1) is 15.1. The van der Waals surface area contributed by atoms with Gasteiger partial charge in [-0.3, -0.25) is 9.88 Å². The highest BCUT2D eigenvalue weighted by Crippen LogP contribution is 2.21. The highest BCUT2D eigenvalue weighted by atomic mass is 16.6. The molecule has 2 saturated heterocycles. The first-order valence-electron chi connectivity index (χ1n) is 8.18. The van der Waals surface area contributed by atoms with Gasteiger partial charge in [-0.15, -0.1) is 0 Å². The van der Waals surface area contributed by atoms with Crippen LogP contribution < -0.4 is 0 Å². The normalized spacial score (nSPS) is 19.7. The number of carbonyl (C=O) groups excluding carboxylic acids is 1. The summed E-state index contributed by atoms with van der Waals surface area (Å²) in [6.07, 6.45) is 5.14. The predicted octanol–water partition coefficient (Wildman–Crippen LogP) is 1.55. The standard InChI is InChI=1S/C16H19N5O3/c22-16-21(8-9-23-16)13-3-6-20(7-4-13)11-14-18-15(19-24-14)12-2-1-5-17-10-12/h1-2,5,10,13H,3-4,6-9,11H2. The third kappa shape index (κ3) is 3.09. The molecule has 0 aliphatic carbocycles. The Morgan fingerprint density at radius 1 is 1.25 bits per heavy atom. The second-order valence-electron chi connectivity index (χ2n) is 6.07. The molecule has 2 aliphatic heterocycles. The molecule has 1 amide bonds. The molecule has 0 spiro atoms. The zero-order valence-corrected chi connectivity index (χ0v) is 13.3. The molecule has 0 radical (unpaired) electrons. The van der Waals surface area contributed by atoms with E-state index >= 15 is 0 Å². The fraction of sp³-hybridized carbons (Fsp3) is 0.500. The van der Waals surface area contributed by atoms with Crippen LogP contribution in [0.5, 0.6) is 0 Å². The van der Waals surface area contributed by atoms with Crippen molar-refractivity contribution < 1.29 is 14.1 Å². The molecule has 2 aromatic rings. The van der Waals surface area contributed by atoms with Gasteiger partial charge >= 0.3 is 6.09 Å². The van der Waals surface area contributed by atoms with E-state index in [4.69, 9.17) is 9.26 Å². The fourth-order valence-corrected chi connectivity index (χ4v) is 3.25. The number of nitrogens with zero attached hydrogens (tertiary/aromatic N) is 5. The summed E-state index contributed by atoms with van der Waals surface area (Å²) < 4.78 is 10.4. The van der Waals surface area contributed by atoms with Gasteiger partial charge < -0.3 is 14.2 Å². The van der Waals surface area contributed by atoms with Gasteiger partial charge in [-0.05, 0) is 25.0 Å². The van der Waals surface area contributed by atoms with E-state index in [9.17, 15) is 4.79 Å². The molecular formula is C16H19N5O3. The quantitative estimate of drug-likeness (QED) is 0.841. The number of rotatable bonds is 4. The Labute approximate surface area is 139 Å². The molecule has 0 unspecified atom stereocenters. The Morgan fingerprint density at radius 2 is 2.12 bits per heavy atom. The molecule has 0 saturated carbocycles. The zero-order valence-electron chi connectivity index (χ0n) is 13.3. The van der Waals surface area contributed by atoms with Crippen LogP contribution in [0.3, 0.4) is 0 Å². The van der Waals surface area contributed by atoms with Crippen molar-refractivity contribution in [1.29, 1.82) is 0 Å². The van der Waals surface area contributed by atoms with Gasteiger partial charge in [-0.25, -0.2) is 4.79 Å². The van der Waals surface area contributed by atoms with Gasteiger partial charge in [0.05, 0.1) is 13.1 Å². The first-order chi connectivity index (χ1) is 11.8. The number of amides is 1. The zero-order chi connectivity index (χ0) is 16.4. The maximum Gasteiger partial charge on any atom is 0.410 e. The van der Waals surface area contributed by atoms with Crippen LogP contribution in [0.25, 0.3) is 11.4 Å². The van der Waals surface area contributed by atoms with Gasteiger partial charge in [0.15, 0.2) is 0 Å². The molecular weight excluding hydrogens is 310 g/mol. The molecule has 4 rings (SSSR count). The smallest absolute Gasteiger partial charge is 0.410 e. The molecule has 126 valence electrons. The largest absolute Gasteiger partial charge is 0.448 e. The summed E-state index contributed by atoms with van der Waals surface area (Å²) in [7, 11) is 0. The third-order valence-electron chi connectivity index (χ3n) is 4.54. The summed E-state index contributed by atoms with van der Waals surface area (Å²) >= 11 is 0. The number of carbonyl (C=O) groups is 1. The molecule has 8 heteroatoms. The van der Waals surface area contributed by atoms with Crippen molar-refractivity contribution in [3.8, 4) is 11.4 Å². The van der Waals surface area contributed by atoms with E-state index in [2.05, 4.69) is 20.0 Å². The van der Waals surface area contributed by atoms with Crippen molar-refractivity contribution in [2.45, 2.75) is 25.4 Å². The number of ether oxygens (including phenoxy) is 1. The van der Waals surface area contributed by atoms with Crippen molar-refractivity contribution in [2.24, 2.45) is 0 Å². The number of cyclic esters (lactones) is 1. The fourth-order valence-electron chi connectivity index (χ4n) is 3.25. The minimum absolute atomic E-state index is 0.175. The van der Waals surface area contributed by atoms with Gasteiger partial charge in [-0.1, -0.05) is 5.16 Å². The predicted molar refractivity (Wildman–Crippen MR) is 83.9 cm³/mol. The summed E-state index contributed by atoms with van der Waals surface area (Å²) in [5, 5.41) is 4.02. The monoisotopic (exact) mass is 329 g/mol. The van der Waals surface area contributed by atoms with E-state index in [0.717, 1.165) is 31.5 Å². The lowest BCUT2D eigenvalue weighted by Crippen LogP contribution is -2.45. The Bertz CT molecular complexity index is 697. The molecule has 0 atom stereocenters. The van der Waals surface area contributed by atoms with Crippen molar-refractivity contribution in [3.63, 3.8) is 0 Å². The Hall–Kier alpha value is -2.48. The van der Waals surface area contributed by atoms with Crippen LogP contribution in [0.15, 0.2) is 29.0 Å². The minimum Gasteiger partial charge on any atom is -0.448 e. The van der Waals surface area contributed by atoms with Gasteiger partial charge in [0.2, 0.25) is 11.7 Å². The van der Waals surface area contributed by atoms with Crippen LogP contribution in [0.1, 0.15) is 18.7 Å². The van der Waals surface area contributed by atoms with Crippen LogP contribution in [0, 0.1) is 0 Å². The highest BCUT2D eigenvalue weighted by Gasteiger charge is 2.32. The average Bonchev–Trinajstić information content (AvgIpc) is 3.26. The van der Waals surface area contributed by atoms with Crippen LogP contribution in [-0.4, -0.2) is 63.3 Å². The lowest BCUT2D eigenvalue weighted by atomic mass is 10.0. The molecule has 0 N–H and O–H groups in total. The second-order valence-corrected chi connectivity index (χ2v) is 6.07. The average molecular weight is 329 g/mol. The highest BCUT2D eigenvalue weighted by molar-refractivity contribution is 5.69. The Balaban J connectivity index is 1.33. The number of likely N-dealkylation sites (tertiary alicyclic amines) is 1. The maximum atomic E-state index is 11.6.